The predicted molar refractivity (Wildman–Crippen MR) is 107 cm³/mol. The second-order valence-corrected chi connectivity index (χ2v) is 6.11. The number of carbonyl (C=O) groups is 1. The first-order chi connectivity index (χ1) is 13.7. The summed E-state index contributed by atoms with van der Waals surface area (Å²) in [4.78, 5) is 12.9. The highest BCUT2D eigenvalue weighted by Gasteiger charge is 2.14. The van der Waals surface area contributed by atoms with Crippen LogP contribution in [0.4, 0.5) is 0 Å². The van der Waals surface area contributed by atoms with Gasteiger partial charge in [0.25, 0.3) is 5.91 Å². The van der Waals surface area contributed by atoms with Crippen LogP contribution in [-0.4, -0.2) is 20.1 Å². The number of hydrogen-bond acceptors (Lipinski definition) is 4. The van der Waals surface area contributed by atoms with Crippen molar-refractivity contribution in [1.29, 1.82) is 5.26 Å². The molecular weight excluding hydrogens is 352 g/mol. The van der Waals surface area contributed by atoms with E-state index in [1.807, 2.05) is 42.5 Å². The molecule has 0 saturated heterocycles. The Morgan fingerprint density at radius 3 is 2.18 bits per heavy atom. The van der Waals surface area contributed by atoms with Crippen molar-refractivity contribution in [3.8, 4) is 28.7 Å². The highest BCUT2D eigenvalue weighted by Crippen LogP contribution is 2.27. The molecule has 1 amide bonds. The summed E-state index contributed by atoms with van der Waals surface area (Å²) in [5, 5.41) is 12.3. The monoisotopic (exact) mass is 372 g/mol. The number of benzene rings is 3. The number of ether oxygens (including phenoxy) is 2. The maximum atomic E-state index is 12.9. The summed E-state index contributed by atoms with van der Waals surface area (Å²) in [5.41, 5.74) is 3.36. The Morgan fingerprint density at radius 1 is 0.929 bits per heavy atom. The fourth-order valence-electron chi connectivity index (χ4n) is 2.98. The van der Waals surface area contributed by atoms with Crippen LogP contribution in [0.5, 0.6) is 11.5 Å². The molecule has 3 aromatic rings. The van der Waals surface area contributed by atoms with Gasteiger partial charge in [-0.15, -0.1) is 0 Å². The molecule has 5 heteroatoms. The van der Waals surface area contributed by atoms with Gasteiger partial charge in [0.1, 0.15) is 11.5 Å². The van der Waals surface area contributed by atoms with E-state index in [1.54, 1.807) is 38.5 Å². The molecule has 3 aromatic carbocycles. The molecule has 0 aliphatic carbocycles. The van der Waals surface area contributed by atoms with Crippen LogP contribution < -0.4 is 14.8 Å². The molecule has 0 fully saturated rings. The van der Waals surface area contributed by atoms with E-state index in [-0.39, 0.29) is 5.91 Å². The van der Waals surface area contributed by atoms with Crippen molar-refractivity contribution < 1.29 is 14.3 Å². The van der Waals surface area contributed by atoms with Crippen LogP contribution in [0.2, 0.25) is 0 Å². The van der Waals surface area contributed by atoms with Gasteiger partial charge < -0.3 is 14.8 Å². The van der Waals surface area contributed by atoms with E-state index in [0.29, 0.717) is 29.2 Å². The molecule has 0 aliphatic heterocycles. The third kappa shape index (κ3) is 4.13. The molecule has 0 unspecified atom stereocenters. The summed E-state index contributed by atoms with van der Waals surface area (Å²) in [5.74, 6) is 1.10. The maximum Gasteiger partial charge on any atom is 0.252 e. The van der Waals surface area contributed by atoms with Crippen LogP contribution in [0.1, 0.15) is 21.5 Å². The normalized spacial score (nSPS) is 10.0. The van der Waals surface area contributed by atoms with Crippen molar-refractivity contribution in [3.05, 3.63) is 83.4 Å². The molecule has 0 atom stereocenters. The van der Waals surface area contributed by atoms with E-state index in [9.17, 15) is 10.1 Å². The largest absolute Gasteiger partial charge is 0.497 e. The van der Waals surface area contributed by atoms with E-state index in [4.69, 9.17) is 9.47 Å². The Morgan fingerprint density at radius 2 is 1.54 bits per heavy atom. The Hall–Kier alpha value is -3.78. The molecule has 0 heterocycles. The molecule has 1 N–H and O–H groups in total. The van der Waals surface area contributed by atoms with Crippen molar-refractivity contribution >= 4 is 5.91 Å². The zero-order chi connectivity index (χ0) is 19.9. The summed E-state index contributed by atoms with van der Waals surface area (Å²) < 4.78 is 10.5. The average molecular weight is 372 g/mol. The van der Waals surface area contributed by atoms with Gasteiger partial charge in [-0.1, -0.05) is 36.4 Å². The van der Waals surface area contributed by atoms with Crippen LogP contribution >= 0.6 is 0 Å². The molecule has 0 aliphatic rings. The second-order valence-electron chi connectivity index (χ2n) is 6.11. The van der Waals surface area contributed by atoms with Gasteiger partial charge in [0.05, 0.1) is 25.9 Å². The van der Waals surface area contributed by atoms with E-state index in [2.05, 4.69) is 11.4 Å². The zero-order valence-corrected chi connectivity index (χ0v) is 15.7. The van der Waals surface area contributed by atoms with Crippen LogP contribution in [0, 0.1) is 11.3 Å². The molecule has 0 spiro atoms. The number of nitriles is 1. The van der Waals surface area contributed by atoms with Gasteiger partial charge in [0.2, 0.25) is 0 Å². The molecule has 0 radical (unpaired) electrons. The summed E-state index contributed by atoms with van der Waals surface area (Å²) >= 11 is 0. The lowest BCUT2D eigenvalue weighted by Crippen LogP contribution is -2.23. The van der Waals surface area contributed by atoms with Gasteiger partial charge in [-0.2, -0.15) is 5.26 Å². The van der Waals surface area contributed by atoms with E-state index >= 15 is 0 Å². The fourth-order valence-corrected chi connectivity index (χ4v) is 2.98. The van der Waals surface area contributed by atoms with Gasteiger partial charge in [-0.05, 0) is 35.4 Å². The SMILES string of the molecule is COc1cc(CNC(=O)c2ccccc2-c2ccccc2C#N)cc(OC)c1. The number of nitrogens with zero attached hydrogens (tertiary/aromatic N) is 1. The van der Waals surface area contributed by atoms with Gasteiger partial charge in [-0.3, -0.25) is 4.79 Å². The molecule has 28 heavy (non-hydrogen) atoms. The summed E-state index contributed by atoms with van der Waals surface area (Å²) in [6.07, 6.45) is 0. The molecule has 140 valence electrons. The molecular formula is C23H20N2O3. The second kappa shape index (κ2) is 8.74. The molecule has 0 aromatic heterocycles. The van der Waals surface area contributed by atoms with Crippen LogP contribution in [-0.2, 0) is 6.54 Å². The third-order valence-electron chi connectivity index (χ3n) is 4.37. The first-order valence-corrected chi connectivity index (χ1v) is 8.75. The molecule has 0 bridgehead atoms. The number of nitrogens with one attached hydrogen (secondary N) is 1. The first kappa shape index (κ1) is 19.0. The minimum atomic E-state index is -0.217. The molecule has 5 nitrogen and oxygen atoms in total. The van der Waals surface area contributed by atoms with Crippen molar-refractivity contribution in [2.24, 2.45) is 0 Å². The van der Waals surface area contributed by atoms with Crippen molar-refractivity contribution in [2.45, 2.75) is 6.54 Å². The highest BCUT2D eigenvalue weighted by atomic mass is 16.5. The van der Waals surface area contributed by atoms with E-state index in [1.165, 1.54) is 0 Å². The van der Waals surface area contributed by atoms with Gasteiger partial charge >= 0.3 is 0 Å². The Labute approximate surface area is 164 Å². The van der Waals surface area contributed by atoms with Gasteiger partial charge in [0.15, 0.2) is 0 Å². The molecule has 3 rings (SSSR count). The summed E-state index contributed by atoms with van der Waals surface area (Å²) in [6, 6.07) is 22.2. The van der Waals surface area contributed by atoms with E-state index in [0.717, 1.165) is 16.7 Å². The maximum absolute atomic E-state index is 12.9. The summed E-state index contributed by atoms with van der Waals surface area (Å²) in [7, 11) is 3.17. The predicted octanol–water partition coefficient (Wildman–Crippen LogP) is 4.17. The smallest absolute Gasteiger partial charge is 0.252 e. The topological polar surface area (TPSA) is 71.3 Å². The number of carbonyl (C=O) groups excluding carboxylic acids is 1. The zero-order valence-electron chi connectivity index (χ0n) is 15.7. The number of hydrogen-bond donors (Lipinski definition) is 1. The van der Waals surface area contributed by atoms with Crippen molar-refractivity contribution in [2.75, 3.05) is 14.2 Å². The quantitative estimate of drug-likeness (QED) is 0.705. The minimum absolute atomic E-state index is 0.217. The van der Waals surface area contributed by atoms with Crippen LogP contribution in [0.3, 0.4) is 0 Å². The number of amides is 1. The van der Waals surface area contributed by atoms with E-state index < -0.39 is 0 Å². The third-order valence-corrected chi connectivity index (χ3v) is 4.37. The summed E-state index contributed by atoms with van der Waals surface area (Å²) in [6.45, 7) is 0.320. The van der Waals surface area contributed by atoms with Crippen LogP contribution in [0.15, 0.2) is 66.7 Å². The van der Waals surface area contributed by atoms with Crippen molar-refractivity contribution in [1.82, 2.24) is 5.32 Å². The number of rotatable bonds is 6. The van der Waals surface area contributed by atoms with Gasteiger partial charge in [-0.25, -0.2) is 0 Å². The minimum Gasteiger partial charge on any atom is -0.497 e. The lowest BCUT2D eigenvalue weighted by molar-refractivity contribution is 0.0951. The average Bonchev–Trinajstić information content (AvgIpc) is 2.77. The van der Waals surface area contributed by atoms with Crippen LogP contribution in [0.25, 0.3) is 11.1 Å². The fraction of sp³-hybridized carbons (Fsp3) is 0.130. The van der Waals surface area contributed by atoms with Gasteiger partial charge in [0, 0.05) is 23.7 Å². The Bertz CT molecular complexity index is 1020. The first-order valence-electron chi connectivity index (χ1n) is 8.75. The Balaban J connectivity index is 1.86. The molecule has 0 saturated carbocycles. The lowest BCUT2D eigenvalue weighted by atomic mass is 9.95. The Kier molecular flexibility index (Phi) is 5.93. The highest BCUT2D eigenvalue weighted by molar-refractivity contribution is 6.01. The van der Waals surface area contributed by atoms with Crippen molar-refractivity contribution in [3.63, 3.8) is 0 Å². The standard InChI is InChI=1S/C23H20N2O3/c1-27-18-11-16(12-19(13-18)28-2)15-25-23(26)22-10-6-5-9-21(22)20-8-4-3-7-17(20)14-24/h3-13H,15H2,1-2H3,(H,25,26). The number of methoxy groups -OCH3 is 2. The lowest BCUT2D eigenvalue weighted by Gasteiger charge is -2.13.